The molecule has 0 amide bonds. The summed E-state index contributed by atoms with van der Waals surface area (Å²) < 4.78 is 5.12. The smallest absolute Gasteiger partial charge is 0.323 e. The molecule has 0 bridgehead atoms. The van der Waals surface area contributed by atoms with Gasteiger partial charge in [0.25, 0.3) is 0 Å². The van der Waals surface area contributed by atoms with Crippen LogP contribution in [0.25, 0.3) is 0 Å². The monoisotopic (exact) mass is 213 g/mol. The van der Waals surface area contributed by atoms with Crippen molar-refractivity contribution < 1.29 is 9.53 Å². The molecule has 0 aromatic rings. The predicted molar refractivity (Wildman–Crippen MR) is 60.7 cm³/mol. The third-order valence-electron chi connectivity index (χ3n) is 3.20. The first kappa shape index (κ1) is 12.5. The molecule has 0 spiro atoms. The van der Waals surface area contributed by atoms with Gasteiger partial charge in [-0.1, -0.05) is 13.3 Å². The van der Waals surface area contributed by atoms with Crippen molar-refractivity contribution in [1.82, 2.24) is 4.90 Å². The molecule has 0 N–H and O–H groups in total. The predicted octanol–water partition coefficient (Wildman–Crippen LogP) is 2.20. The molecule has 0 aromatic carbocycles. The minimum absolute atomic E-state index is 0.0275. The fourth-order valence-electron chi connectivity index (χ4n) is 2.36. The number of nitrogens with zero attached hydrogens (tertiary/aromatic N) is 1. The van der Waals surface area contributed by atoms with Gasteiger partial charge >= 0.3 is 5.97 Å². The Morgan fingerprint density at radius 1 is 1.47 bits per heavy atom. The quantitative estimate of drug-likeness (QED) is 0.670. The SMILES string of the molecule is CCOC(=O)[C@H](CC)N1CCCCC1C. The zero-order valence-electron chi connectivity index (χ0n) is 10.2. The fraction of sp³-hybridized carbons (Fsp3) is 0.917. The van der Waals surface area contributed by atoms with E-state index in [9.17, 15) is 4.79 Å². The van der Waals surface area contributed by atoms with E-state index in [0.29, 0.717) is 12.6 Å². The molecule has 1 heterocycles. The molecule has 1 unspecified atom stereocenters. The number of ether oxygens (including phenoxy) is 1. The topological polar surface area (TPSA) is 29.5 Å². The van der Waals surface area contributed by atoms with Crippen LogP contribution in [0.15, 0.2) is 0 Å². The van der Waals surface area contributed by atoms with Crippen LogP contribution < -0.4 is 0 Å². The average molecular weight is 213 g/mol. The van der Waals surface area contributed by atoms with Gasteiger partial charge in [-0.2, -0.15) is 0 Å². The molecule has 0 radical (unpaired) electrons. The largest absolute Gasteiger partial charge is 0.465 e. The van der Waals surface area contributed by atoms with Crippen LogP contribution in [0.4, 0.5) is 0 Å². The lowest BCUT2D eigenvalue weighted by Gasteiger charge is -2.37. The van der Waals surface area contributed by atoms with Crippen LogP contribution >= 0.6 is 0 Å². The van der Waals surface area contributed by atoms with Gasteiger partial charge in [-0.15, -0.1) is 0 Å². The van der Waals surface area contributed by atoms with Gasteiger partial charge in [-0.25, -0.2) is 0 Å². The van der Waals surface area contributed by atoms with Crippen molar-refractivity contribution >= 4 is 5.97 Å². The van der Waals surface area contributed by atoms with Gasteiger partial charge in [0.15, 0.2) is 0 Å². The number of carbonyl (C=O) groups excluding carboxylic acids is 1. The van der Waals surface area contributed by atoms with Gasteiger partial charge in [0.1, 0.15) is 6.04 Å². The second-order valence-electron chi connectivity index (χ2n) is 4.26. The average Bonchev–Trinajstić information content (AvgIpc) is 2.22. The minimum Gasteiger partial charge on any atom is -0.465 e. The summed E-state index contributed by atoms with van der Waals surface area (Å²) in [7, 11) is 0. The maximum absolute atomic E-state index is 11.8. The molecule has 1 fully saturated rings. The van der Waals surface area contributed by atoms with E-state index in [2.05, 4.69) is 18.7 Å². The van der Waals surface area contributed by atoms with Crippen LogP contribution in [0, 0.1) is 0 Å². The van der Waals surface area contributed by atoms with Gasteiger partial charge in [0, 0.05) is 6.04 Å². The number of hydrogen-bond donors (Lipinski definition) is 0. The zero-order chi connectivity index (χ0) is 11.3. The first-order valence-corrected chi connectivity index (χ1v) is 6.13. The van der Waals surface area contributed by atoms with Gasteiger partial charge in [0.2, 0.25) is 0 Å². The van der Waals surface area contributed by atoms with Crippen LogP contribution in [-0.4, -0.2) is 36.1 Å². The Labute approximate surface area is 92.8 Å². The van der Waals surface area contributed by atoms with Gasteiger partial charge in [0.05, 0.1) is 6.61 Å². The van der Waals surface area contributed by atoms with E-state index in [-0.39, 0.29) is 12.0 Å². The summed E-state index contributed by atoms with van der Waals surface area (Å²) >= 11 is 0. The third-order valence-corrected chi connectivity index (χ3v) is 3.20. The minimum atomic E-state index is -0.0475. The summed E-state index contributed by atoms with van der Waals surface area (Å²) in [5.74, 6) is -0.0475. The van der Waals surface area contributed by atoms with E-state index in [1.165, 1.54) is 19.3 Å². The highest BCUT2D eigenvalue weighted by atomic mass is 16.5. The van der Waals surface area contributed by atoms with Gasteiger partial charge < -0.3 is 4.74 Å². The Hall–Kier alpha value is -0.570. The molecule has 3 nitrogen and oxygen atoms in total. The standard InChI is InChI=1S/C12H23NO2/c1-4-11(12(14)15-5-2)13-9-7-6-8-10(13)3/h10-11H,4-9H2,1-3H3/t10?,11-/m0/s1. The van der Waals surface area contributed by atoms with E-state index in [1.807, 2.05) is 6.92 Å². The zero-order valence-corrected chi connectivity index (χ0v) is 10.2. The highest BCUT2D eigenvalue weighted by Crippen LogP contribution is 2.21. The maximum Gasteiger partial charge on any atom is 0.323 e. The van der Waals surface area contributed by atoms with E-state index in [1.54, 1.807) is 0 Å². The molecule has 2 atom stereocenters. The number of hydrogen-bond acceptors (Lipinski definition) is 3. The van der Waals surface area contributed by atoms with Crippen molar-refractivity contribution in [3.63, 3.8) is 0 Å². The Morgan fingerprint density at radius 3 is 2.73 bits per heavy atom. The van der Waals surface area contributed by atoms with Crippen LogP contribution in [-0.2, 0) is 9.53 Å². The summed E-state index contributed by atoms with van der Waals surface area (Å²) in [6.07, 6.45) is 4.55. The summed E-state index contributed by atoms with van der Waals surface area (Å²) in [6.45, 7) is 7.66. The summed E-state index contributed by atoms with van der Waals surface area (Å²) in [4.78, 5) is 14.1. The first-order chi connectivity index (χ1) is 7.20. The Kier molecular flexibility index (Phi) is 5.09. The van der Waals surface area contributed by atoms with Gasteiger partial charge in [-0.05, 0) is 39.7 Å². The second kappa shape index (κ2) is 6.11. The van der Waals surface area contributed by atoms with Crippen LogP contribution in [0.5, 0.6) is 0 Å². The molecule has 15 heavy (non-hydrogen) atoms. The molecule has 3 heteroatoms. The van der Waals surface area contributed by atoms with Gasteiger partial charge in [-0.3, -0.25) is 9.69 Å². The summed E-state index contributed by atoms with van der Waals surface area (Å²) in [6, 6.07) is 0.494. The van der Waals surface area contributed by atoms with Crippen LogP contribution in [0.1, 0.15) is 46.5 Å². The lowest BCUT2D eigenvalue weighted by Crippen LogP contribution is -2.49. The highest BCUT2D eigenvalue weighted by molar-refractivity contribution is 5.75. The van der Waals surface area contributed by atoms with Crippen LogP contribution in [0.3, 0.4) is 0 Å². The molecule has 1 saturated heterocycles. The number of esters is 1. The third kappa shape index (κ3) is 3.20. The van der Waals surface area contributed by atoms with E-state index in [4.69, 9.17) is 4.74 Å². The number of piperidine rings is 1. The van der Waals surface area contributed by atoms with Crippen molar-refractivity contribution in [2.45, 2.75) is 58.5 Å². The number of carbonyl (C=O) groups is 1. The van der Waals surface area contributed by atoms with E-state index >= 15 is 0 Å². The molecule has 0 aliphatic carbocycles. The molecule has 0 aromatic heterocycles. The summed E-state index contributed by atoms with van der Waals surface area (Å²) in [5.41, 5.74) is 0. The van der Waals surface area contributed by atoms with Crippen LogP contribution in [0.2, 0.25) is 0 Å². The molecule has 0 saturated carbocycles. The lowest BCUT2D eigenvalue weighted by molar-refractivity contribution is -0.151. The van der Waals surface area contributed by atoms with E-state index in [0.717, 1.165) is 13.0 Å². The second-order valence-corrected chi connectivity index (χ2v) is 4.26. The first-order valence-electron chi connectivity index (χ1n) is 6.13. The summed E-state index contributed by atoms with van der Waals surface area (Å²) in [5, 5.41) is 0. The molecule has 1 aliphatic rings. The fourth-order valence-corrected chi connectivity index (χ4v) is 2.36. The Morgan fingerprint density at radius 2 is 2.20 bits per heavy atom. The number of likely N-dealkylation sites (tertiary alicyclic amines) is 1. The molecular formula is C12H23NO2. The van der Waals surface area contributed by atoms with Crippen molar-refractivity contribution in [2.24, 2.45) is 0 Å². The number of rotatable bonds is 4. The van der Waals surface area contributed by atoms with Crippen molar-refractivity contribution in [2.75, 3.05) is 13.2 Å². The Bertz CT molecular complexity index is 206. The van der Waals surface area contributed by atoms with E-state index < -0.39 is 0 Å². The molecule has 1 rings (SSSR count). The molecular weight excluding hydrogens is 190 g/mol. The lowest BCUT2D eigenvalue weighted by atomic mass is 10.00. The van der Waals surface area contributed by atoms with Crippen molar-refractivity contribution in [3.8, 4) is 0 Å². The maximum atomic E-state index is 11.8. The highest BCUT2D eigenvalue weighted by Gasteiger charge is 2.30. The Balaban J connectivity index is 2.59. The normalized spacial score (nSPS) is 24.9. The molecule has 88 valence electrons. The van der Waals surface area contributed by atoms with Crippen molar-refractivity contribution in [1.29, 1.82) is 0 Å². The van der Waals surface area contributed by atoms with Crippen molar-refractivity contribution in [3.05, 3.63) is 0 Å². The molecule has 1 aliphatic heterocycles.